The van der Waals surface area contributed by atoms with E-state index in [1.807, 2.05) is 0 Å². The number of nitrogens with one attached hydrogen (secondary N) is 1. The molecule has 24 heavy (non-hydrogen) atoms. The number of ether oxygens (including phenoxy) is 1. The van der Waals surface area contributed by atoms with Crippen LogP contribution in [0.4, 0.5) is 13.2 Å². The maximum Gasteiger partial charge on any atom is 0.416 e. The molecule has 0 aliphatic carbocycles. The molecule has 0 saturated carbocycles. The number of phenols is 1. The van der Waals surface area contributed by atoms with Gasteiger partial charge in [0.25, 0.3) is 0 Å². The van der Waals surface area contributed by atoms with Crippen molar-refractivity contribution in [1.82, 2.24) is 5.32 Å². The molecule has 7 heteroatoms. The first kappa shape index (κ1) is 18.1. The Kier molecular flexibility index (Phi) is 6.05. The number of aromatic hydroxyl groups is 1. The molecule has 0 spiro atoms. The summed E-state index contributed by atoms with van der Waals surface area (Å²) in [5.41, 5.74) is -0.0481. The fourth-order valence-electron chi connectivity index (χ4n) is 2.03. The molecule has 0 amide bonds. The van der Waals surface area contributed by atoms with E-state index in [2.05, 4.69) is 5.32 Å². The Labute approximate surface area is 137 Å². The molecule has 0 aliphatic heterocycles. The third-order valence-corrected chi connectivity index (χ3v) is 3.31. The van der Waals surface area contributed by atoms with Gasteiger partial charge in [0.1, 0.15) is 24.2 Å². The SMILES string of the molecule is Oc1ccccc1CNCC(O)COc1ccc(C(F)(F)F)cc1. The van der Waals surface area contributed by atoms with Crippen LogP contribution in [-0.2, 0) is 12.7 Å². The molecule has 1 unspecified atom stereocenters. The first-order chi connectivity index (χ1) is 11.4. The highest BCUT2D eigenvalue weighted by molar-refractivity contribution is 5.31. The third-order valence-electron chi connectivity index (χ3n) is 3.31. The minimum Gasteiger partial charge on any atom is -0.508 e. The summed E-state index contributed by atoms with van der Waals surface area (Å²) >= 11 is 0. The summed E-state index contributed by atoms with van der Waals surface area (Å²) in [6.07, 6.45) is -5.22. The van der Waals surface area contributed by atoms with Gasteiger partial charge in [0.05, 0.1) is 5.56 Å². The Bertz CT molecular complexity index is 644. The summed E-state index contributed by atoms with van der Waals surface area (Å²) in [6.45, 7) is 0.540. The van der Waals surface area contributed by atoms with Crippen molar-refractivity contribution in [2.45, 2.75) is 18.8 Å². The van der Waals surface area contributed by atoms with Gasteiger partial charge in [-0.25, -0.2) is 0 Å². The summed E-state index contributed by atoms with van der Waals surface area (Å²) in [6, 6.07) is 11.1. The van der Waals surface area contributed by atoms with Crippen LogP contribution in [0.25, 0.3) is 0 Å². The number of alkyl halides is 3. The van der Waals surface area contributed by atoms with Crippen LogP contribution < -0.4 is 10.1 Å². The second kappa shape index (κ2) is 8.03. The summed E-state index contributed by atoms with van der Waals surface area (Å²) in [5.74, 6) is 0.420. The van der Waals surface area contributed by atoms with Crippen molar-refractivity contribution < 1.29 is 28.1 Å². The highest BCUT2D eigenvalue weighted by Crippen LogP contribution is 2.30. The van der Waals surface area contributed by atoms with Gasteiger partial charge in [-0.2, -0.15) is 13.2 Å². The Morgan fingerprint density at radius 1 is 1.04 bits per heavy atom. The van der Waals surface area contributed by atoms with Crippen LogP contribution in [-0.4, -0.2) is 29.5 Å². The number of phenolic OH excluding ortho intramolecular Hbond substituents is 1. The Morgan fingerprint density at radius 2 is 1.71 bits per heavy atom. The predicted molar refractivity (Wildman–Crippen MR) is 82.8 cm³/mol. The topological polar surface area (TPSA) is 61.7 Å². The molecule has 0 heterocycles. The number of halogens is 3. The van der Waals surface area contributed by atoms with Crippen LogP contribution in [0.15, 0.2) is 48.5 Å². The van der Waals surface area contributed by atoms with Crippen molar-refractivity contribution in [3.05, 3.63) is 59.7 Å². The van der Waals surface area contributed by atoms with Gasteiger partial charge in [0.2, 0.25) is 0 Å². The molecule has 0 aliphatic rings. The lowest BCUT2D eigenvalue weighted by atomic mass is 10.2. The predicted octanol–water partition coefficient (Wildman–Crippen LogP) is 2.94. The van der Waals surface area contributed by atoms with Crippen molar-refractivity contribution in [1.29, 1.82) is 0 Å². The molecule has 4 nitrogen and oxygen atoms in total. The zero-order valence-electron chi connectivity index (χ0n) is 12.8. The van der Waals surface area contributed by atoms with Gasteiger partial charge in [-0.05, 0) is 30.3 Å². The number of aliphatic hydroxyl groups excluding tert-OH is 1. The number of para-hydroxylation sites is 1. The molecule has 3 N–H and O–H groups in total. The van der Waals surface area contributed by atoms with E-state index in [9.17, 15) is 23.4 Å². The Balaban J connectivity index is 1.73. The normalized spacial score (nSPS) is 12.8. The second-order valence-electron chi connectivity index (χ2n) is 5.25. The van der Waals surface area contributed by atoms with Gasteiger partial charge >= 0.3 is 6.18 Å². The van der Waals surface area contributed by atoms with Crippen LogP contribution in [0.5, 0.6) is 11.5 Å². The van der Waals surface area contributed by atoms with Crippen molar-refractivity contribution in [3.63, 3.8) is 0 Å². The fraction of sp³-hybridized carbons (Fsp3) is 0.294. The van der Waals surface area contributed by atoms with Gasteiger partial charge in [-0.1, -0.05) is 18.2 Å². The quantitative estimate of drug-likeness (QED) is 0.725. The molecular weight excluding hydrogens is 323 g/mol. The summed E-state index contributed by atoms with van der Waals surface area (Å²) in [5, 5.41) is 22.4. The zero-order valence-corrected chi connectivity index (χ0v) is 12.8. The lowest BCUT2D eigenvalue weighted by Crippen LogP contribution is -2.31. The molecule has 2 rings (SSSR count). The average molecular weight is 341 g/mol. The summed E-state index contributed by atoms with van der Waals surface area (Å²) in [7, 11) is 0. The van der Waals surface area contributed by atoms with Crippen molar-refractivity contribution in [3.8, 4) is 11.5 Å². The maximum absolute atomic E-state index is 12.4. The van der Waals surface area contributed by atoms with Crippen molar-refractivity contribution in [2.24, 2.45) is 0 Å². The molecule has 130 valence electrons. The molecule has 2 aromatic carbocycles. The van der Waals surface area contributed by atoms with E-state index in [-0.39, 0.29) is 24.7 Å². The molecule has 0 fully saturated rings. The zero-order chi connectivity index (χ0) is 17.6. The number of benzene rings is 2. The molecular formula is C17H18F3NO3. The Hall–Kier alpha value is -2.25. The molecule has 1 atom stereocenters. The van der Waals surface area contributed by atoms with Crippen LogP contribution >= 0.6 is 0 Å². The van der Waals surface area contributed by atoms with Crippen LogP contribution in [0, 0.1) is 0 Å². The monoisotopic (exact) mass is 341 g/mol. The fourth-order valence-corrected chi connectivity index (χ4v) is 2.03. The van der Waals surface area contributed by atoms with Gasteiger partial charge in [-0.15, -0.1) is 0 Å². The van der Waals surface area contributed by atoms with E-state index in [4.69, 9.17) is 4.74 Å². The average Bonchev–Trinajstić information content (AvgIpc) is 2.54. The molecule has 2 aromatic rings. The van der Waals surface area contributed by atoms with E-state index < -0.39 is 17.8 Å². The number of hydrogen-bond donors (Lipinski definition) is 3. The number of hydrogen-bond acceptors (Lipinski definition) is 4. The number of rotatable bonds is 7. The first-order valence-electron chi connectivity index (χ1n) is 7.32. The van der Waals surface area contributed by atoms with E-state index >= 15 is 0 Å². The van der Waals surface area contributed by atoms with Crippen LogP contribution in [0.2, 0.25) is 0 Å². The second-order valence-corrected chi connectivity index (χ2v) is 5.25. The maximum atomic E-state index is 12.4. The van der Waals surface area contributed by atoms with Crippen molar-refractivity contribution >= 4 is 0 Å². The molecule has 0 bridgehead atoms. The van der Waals surface area contributed by atoms with Crippen LogP contribution in [0.3, 0.4) is 0 Å². The van der Waals surface area contributed by atoms with Gasteiger partial charge < -0.3 is 20.3 Å². The van der Waals surface area contributed by atoms with Crippen molar-refractivity contribution in [2.75, 3.05) is 13.2 Å². The minimum atomic E-state index is -4.38. The third kappa shape index (κ3) is 5.43. The van der Waals surface area contributed by atoms with Gasteiger partial charge in [0.15, 0.2) is 0 Å². The van der Waals surface area contributed by atoms with E-state index in [1.54, 1.807) is 24.3 Å². The minimum absolute atomic E-state index is 0.0564. The number of aliphatic hydroxyl groups is 1. The van der Waals surface area contributed by atoms with Gasteiger partial charge in [-0.3, -0.25) is 0 Å². The van der Waals surface area contributed by atoms with E-state index in [0.717, 1.165) is 12.1 Å². The highest BCUT2D eigenvalue weighted by atomic mass is 19.4. The molecule has 0 radical (unpaired) electrons. The smallest absolute Gasteiger partial charge is 0.416 e. The van der Waals surface area contributed by atoms with Gasteiger partial charge in [0, 0.05) is 18.7 Å². The summed E-state index contributed by atoms with van der Waals surface area (Å²) < 4.78 is 42.6. The van der Waals surface area contributed by atoms with Crippen LogP contribution in [0.1, 0.15) is 11.1 Å². The largest absolute Gasteiger partial charge is 0.508 e. The lowest BCUT2D eigenvalue weighted by molar-refractivity contribution is -0.137. The highest BCUT2D eigenvalue weighted by Gasteiger charge is 2.30. The lowest BCUT2D eigenvalue weighted by Gasteiger charge is -2.14. The molecule has 0 saturated heterocycles. The summed E-state index contributed by atoms with van der Waals surface area (Å²) in [4.78, 5) is 0. The standard InChI is InChI=1S/C17H18F3NO3/c18-17(19,20)13-5-7-15(8-6-13)24-11-14(22)10-21-9-12-3-1-2-4-16(12)23/h1-8,14,21-23H,9-11H2. The Morgan fingerprint density at radius 3 is 2.33 bits per heavy atom. The van der Waals surface area contributed by atoms with E-state index in [0.29, 0.717) is 12.1 Å². The first-order valence-corrected chi connectivity index (χ1v) is 7.32. The van der Waals surface area contributed by atoms with E-state index in [1.165, 1.54) is 12.1 Å². The molecule has 0 aromatic heterocycles.